The zero-order valence-electron chi connectivity index (χ0n) is 10.3. The Morgan fingerprint density at radius 1 is 1.47 bits per heavy atom. The maximum Gasteiger partial charge on any atom is 0.254 e. The molecule has 0 unspecified atom stereocenters. The summed E-state index contributed by atoms with van der Waals surface area (Å²) in [6.07, 6.45) is 0. The number of benzene rings is 1. The van der Waals surface area contributed by atoms with Crippen LogP contribution in [0.5, 0.6) is 0 Å². The van der Waals surface area contributed by atoms with Gasteiger partial charge in [-0.25, -0.2) is 0 Å². The predicted molar refractivity (Wildman–Crippen MR) is 65.8 cm³/mol. The predicted octanol–water partition coefficient (Wildman–Crippen LogP) is 1.54. The van der Waals surface area contributed by atoms with E-state index in [2.05, 4.69) is 5.32 Å². The van der Waals surface area contributed by atoms with Gasteiger partial charge in [0.1, 0.15) is 6.04 Å². The van der Waals surface area contributed by atoms with Crippen LogP contribution in [0.3, 0.4) is 0 Å². The van der Waals surface area contributed by atoms with Gasteiger partial charge in [0, 0.05) is 24.7 Å². The van der Waals surface area contributed by atoms with Gasteiger partial charge in [-0.15, -0.1) is 0 Å². The summed E-state index contributed by atoms with van der Waals surface area (Å²) in [5, 5.41) is 2.71. The lowest BCUT2D eigenvalue weighted by molar-refractivity contribution is -0.126. The smallest absolute Gasteiger partial charge is 0.254 e. The van der Waals surface area contributed by atoms with Crippen LogP contribution in [0.15, 0.2) is 18.2 Å². The summed E-state index contributed by atoms with van der Waals surface area (Å²) >= 11 is 0. The molecule has 17 heavy (non-hydrogen) atoms. The lowest BCUT2D eigenvalue weighted by Gasteiger charge is -2.15. The third-order valence-electron chi connectivity index (χ3n) is 2.96. The number of anilines is 1. The number of hydrogen-bond acceptors (Lipinski definition) is 2. The molecular weight excluding hydrogens is 216 g/mol. The fraction of sp³-hybridized carbons (Fsp3) is 0.385. The molecular formula is C13H16N2O2. The topological polar surface area (TPSA) is 49.4 Å². The number of rotatable bonds is 2. The zero-order valence-corrected chi connectivity index (χ0v) is 10.3. The number of amides is 2. The van der Waals surface area contributed by atoms with Crippen LogP contribution >= 0.6 is 0 Å². The van der Waals surface area contributed by atoms with E-state index in [1.165, 1.54) is 6.92 Å². The van der Waals surface area contributed by atoms with E-state index in [0.717, 1.165) is 16.8 Å². The first-order chi connectivity index (χ1) is 8.04. The minimum atomic E-state index is -0.526. The first kappa shape index (κ1) is 11.6. The summed E-state index contributed by atoms with van der Waals surface area (Å²) < 4.78 is 0. The molecule has 1 N–H and O–H groups in total. The summed E-state index contributed by atoms with van der Waals surface area (Å²) in [7, 11) is 0. The first-order valence-corrected chi connectivity index (χ1v) is 5.73. The highest BCUT2D eigenvalue weighted by Gasteiger charge is 2.36. The molecule has 2 amide bonds. The summed E-state index contributed by atoms with van der Waals surface area (Å²) in [5.74, 6) is -0.239. The number of nitrogens with one attached hydrogen (secondary N) is 1. The Balaban J connectivity index is 2.47. The molecule has 1 aromatic carbocycles. The highest BCUT2D eigenvalue weighted by atomic mass is 16.2. The second-order valence-electron chi connectivity index (χ2n) is 4.28. The fourth-order valence-corrected chi connectivity index (χ4v) is 2.23. The van der Waals surface area contributed by atoms with E-state index in [1.807, 2.05) is 32.0 Å². The molecule has 90 valence electrons. The van der Waals surface area contributed by atoms with E-state index < -0.39 is 6.04 Å². The molecule has 0 spiro atoms. The maximum atomic E-state index is 12.2. The van der Waals surface area contributed by atoms with Crippen molar-refractivity contribution in [1.29, 1.82) is 0 Å². The average molecular weight is 232 g/mol. The van der Waals surface area contributed by atoms with Crippen molar-refractivity contribution >= 4 is 17.5 Å². The van der Waals surface area contributed by atoms with Gasteiger partial charge in [0.2, 0.25) is 5.91 Å². The van der Waals surface area contributed by atoms with Crippen molar-refractivity contribution in [3.8, 4) is 0 Å². The Bertz CT molecular complexity index is 482. The van der Waals surface area contributed by atoms with Gasteiger partial charge >= 0.3 is 0 Å². The lowest BCUT2D eigenvalue weighted by Crippen LogP contribution is -2.36. The van der Waals surface area contributed by atoms with Crippen molar-refractivity contribution in [1.82, 2.24) is 5.32 Å². The molecule has 4 heteroatoms. The second-order valence-corrected chi connectivity index (χ2v) is 4.28. The summed E-state index contributed by atoms with van der Waals surface area (Å²) in [6.45, 7) is 5.95. The molecule has 0 saturated carbocycles. The summed E-state index contributed by atoms with van der Waals surface area (Å²) in [4.78, 5) is 25.0. The molecule has 0 aliphatic carbocycles. The van der Waals surface area contributed by atoms with Crippen LogP contribution in [-0.4, -0.2) is 18.4 Å². The third-order valence-corrected chi connectivity index (χ3v) is 2.96. The maximum absolute atomic E-state index is 12.2. The van der Waals surface area contributed by atoms with Crippen molar-refractivity contribution in [2.75, 3.05) is 11.4 Å². The highest BCUT2D eigenvalue weighted by Crippen LogP contribution is 2.36. The largest absolute Gasteiger partial charge is 0.341 e. The monoisotopic (exact) mass is 232 g/mol. The summed E-state index contributed by atoms with van der Waals surface area (Å²) in [6, 6.07) is 5.35. The van der Waals surface area contributed by atoms with Gasteiger partial charge in [-0.05, 0) is 19.9 Å². The normalized spacial score (nSPS) is 18.2. The number of aryl methyl sites for hydroxylation is 1. The van der Waals surface area contributed by atoms with Gasteiger partial charge in [-0.2, -0.15) is 0 Å². The zero-order chi connectivity index (χ0) is 12.6. The van der Waals surface area contributed by atoms with E-state index in [9.17, 15) is 9.59 Å². The molecule has 1 atom stereocenters. The van der Waals surface area contributed by atoms with Gasteiger partial charge in [0.25, 0.3) is 5.91 Å². The van der Waals surface area contributed by atoms with Gasteiger partial charge < -0.3 is 10.2 Å². The van der Waals surface area contributed by atoms with Gasteiger partial charge in [-0.3, -0.25) is 9.59 Å². The first-order valence-electron chi connectivity index (χ1n) is 5.73. The van der Waals surface area contributed by atoms with Crippen LogP contribution in [0.2, 0.25) is 0 Å². The van der Waals surface area contributed by atoms with Crippen LogP contribution in [0.25, 0.3) is 0 Å². The van der Waals surface area contributed by atoms with Crippen LogP contribution in [0.4, 0.5) is 5.69 Å². The van der Waals surface area contributed by atoms with Crippen LogP contribution in [0.1, 0.15) is 31.0 Å². The average Bonchev–Trinajstić information content (AvgIpc) is 2.51. The molecule has 1 aliphatic rings. The molecule has 1 aliphatic heterocycles. The third kappa shape index (κ3) is 1.90. The van der Waals surface area contributed by atoms with E-state index in [0.29, 0.717) is 6.54 Å². The molecule has 4 nitrogen and oxygen atoms in total. The molecule has 1 heterocycles. The Kier molecular flexibility index (Phi) is 2.88. The quantitative estimate of drug-likeness (QED) is 0.840. The summed E-state index contributed by atoms with van der Waals surface area (Å²) in [5.41, 5.74) is 2.89. The number of likely N-dealkylation sites (N-methyl/N-ethyl adjacent to an activating group) is 1. The highest BCUT2D eigenvalue weighted by molar-refractivity contribution is 6.06. The van der Waals surface area contributed by atoms with E-state index in [4.69, 9.17) is 0 Å². The number of carbonyl (C=O) groups is 2. The van der Waals surface area contributed by atoms with Crippen molar-refractivity contribution in [3.05, 3.63) is 29.3 Å². The molecule has 0 bridgehead atoms. The Morgan fingerprint density at radius 2 is 2.18 bits per heavy atom. The standard InChI is InChI=1S/C13H16N2O2/c1-4-15-11-6-5-8(2)7-10(11)12(13(15)17)14-9(3)16/h5-7,12H,4H2,1-3H3,(H,14,16)/t12-/m1/s1. The number of nitrogens with zero attached hydrogens (tertiary/aromatic N) is 1. The number of fused-ring (bicyclic) bond motifs is 1. The van der Waals surface area contributed by atoms with Crippen LogP contribution in [0, 0.1) is 6.92 Å². The molecule has 0 saturated heterocycles. The van der Waals surface area contributed by atoms with E-state index in [1.54, 1.807) is 4.90 Å². The van der Waals surface area contributed by atoms with Crippen molar-refractivity contribution < 1.29 is 9.59 Å². The minimum absolute atomic E-state index is 0.0525. The van der Waals surface area contributed by atoms with Crippen molar-refractivity contribution in [3.63, 3.8) is 0 Å². The molecule has 1 aromatic rings. The molecule has 0 aromatic heterocycles. The van der Waals surface area contributed by atoms with Crippen LogP contribution in [-0.2, 0) is 9.59 Å². The number of carbonyl (C=O) groups excluding carboxylic acids is 2. The van der Waals surface area contributed by atoms with Gasteiger partial charge in [-0.1, -0.05) is 17.7 Å². The van der Waals surface area contributed by atoms with Gasteiger partial charge in [0.05, 0.1) is 0 Å². The Labute approximate surface area is 101 Å². The molecule has 0 radical (unpaired) electrons. The van der Waals surface area contributed by atoms with Gasteiger partial charge in [0.15, 0.2) is 0 Å². The van der Waals surface area contributed by atoms with Crippen molar-refractivity contribution in [2.24, 2.45) is 0 Å². The molecule has 0 fully saturated rings. The van der Waals surface area contributed by atoms with Crippen molar-refractivity contribution in [2.45, 2.75) is 26.8 Å². The van der Waals surface area contributed by atoms with E-state index >= 15 is 0 Å². The van der Waals surface area contributed by atoms with E-state index in [-0.39, 0.29) is 11.8 Å². The second kappa shape index (κ2) is 4.20. The number of hydrogen-bond donors (Lipinski definition) is 1. The lowest BCUT2D eigenvalue weighted by atomic mass is 10.1. The Morgan fingerprint density at radius 3 is 2.76 bits per heavy atom. The van der Waals surface area contributed by atoms with Crippen LogP contribution < -0.4 is 10.2 Å². The fourth-order valence-electron chi connectivity index (χ4n) is 2.23. The Hall–Kier alpha value is -1.84. The minimum Gasteiger partial charge on any atom is -0.341 e. The molecule has 2 rings (SSSR count). The SMILES string of the molecule is CCN1C(=O)[C@H](NC(C)=O)c2cc(C)ccc21.